The lowest BCUT2D eigenvalue weighted by atomic mass is 10.1. The van der Waals surface area contributed by atoms with Crippen LogP contribution >= 0.6 is 0 Å². The van der Waals surface area contributed by atoms with E-state index in [-0.39, 0.29) is 5.91 Å². The molecular formula is C22H16N6O2. The molecule has 1 N–H and O–H groups in total. The maximum Gasteiger partial charge on any atom is 0.257 e. The minimum atomic E-state index is -0.231. The first-order valence-corrected chi connectivity index (χ1v) is 9.28. The Morgan fingerprint density at radius 2 is 1.83 bits per heavy atom. The van der Waals surface area contributed by atoms with Gasteiger partial charge in [0.2, 0.25) is 0 Å². The Hall–Kier alpha value is -4.33. The van der Waals surface area contributed by atoms with Crippen LogP contribution in [-0.2, 0) is 0 Å². The molecule has 3 aromatic heterocycles. The summed E-state index contributed by atoms with van der Waals surface area (Å²) in [4.78, 5) is 25.6. The van der Waals surface area contributed by atoms with Gasteiger partial charge in [0.1, 0.15) is 12.1 Å². The normalized spacial score (nSPS) is 11.0. The summed E-state index contributed by atoms with van der Waals surface area (Å²) in [5.41, 5.74) is 3.74. The number of pyridine rings is 1. The fraction of sp³-hybridized carbons (Fsp3) is 0.0455. The van der Waals surface area contributed by atoms with Gasteiger partial charge < -0.3 is 9.84 Å². The van der Waals surface area contributed by atoms with Crippen molar-refractivity contribution in [2.75, 3.05) is 5.32 Å². The summed E-state index contributed by atoms with van der Waals surface area (Å²) in [6.07, 6.45) is 3.36. The molecule has 3 heterocycles. The molecule has 30 heavy (non-hydrogen) atoms. The van der Waals surface area contributed by atoms with Crippen molar-refractivity contribution in [3.8, 4) is 17.3 Å². The van der Waals surface area contributed by atoms with Gasteiger partial charge in [0, 0.05) is 11.1 Å². The molecule has 0 spiro atoms. The lowest BCUT2D eigenvalue weighted by Crippen LogP contribution is -2.12. The lowest BCUT2D eigenvalue weighted by Gasteiger charge is -2.07. The summed E-state index contributed by atoms with van der Waals surface area (Å²) in [5, 5.41) is 6.62. The third-order valence-electron chi connectivity index (χ3n) is 4.63. The number of fused-ring (bicyclic) bond motifs is 1. The number of nitrogens with zero attached hydrogens (tertiary/aromatic N) is 5. The number of hydrogen-bond donors (Lipinski definition) is 1. The fourth-order valence-corrected chi connectivity index (χ4v) is 3.13. The van der Waals surface area contributed by atoms with E-state index in [9.17, 15) is 4.79 Å². The predicted molar refractivity (Wildman–Crippen MR) is 111 cm³/mol. The van der Waals surface area contributed by atoms with Crippen LogP contribution in [0.15, 0.2) is 77.7 Å². The van der Waals surface area contributed by atoms with Crippen molar-refractivity contribution in [2.45, 2.75) is 6.92 Å². The smallest absolute Gasteiger partial charge is 0.257 e. The van der Waals surface area contributed by atoms with Crippen LogP contribution in [0.1, 0.15) is 16.2 Å². The van der Waals surface area contributed by atoms with Gasteiger partial charge in [-0.05, 0) is 55.5 Å². The Balaban J connectivity index is 1.31. The number of rotatable bonds is 4. The molecule has 0 aliphatic heterocycles. The van der Waals surface area contributed by atoms with E-state index < -0.39 is 0 Å². The molecule has 0 saturated heterocycles. The molecule has 0 bridgehead atoms. The first-order valence-electron chi connectivity index (χ1n) is 9.28. The van der Waals surface area contributed by atoms with Crippen LogP contribution in [0.2, 0.25) is 0 Å². The zero-order valence-electron chi connectivity index (χ0n) is 16.0. The van der Waals surface area contributed by atoms with Gasteiger partial charge in [0.15, 0.2) is 5.82 Å². The van der Waals surface area contributed by atoms with Crippen LogP contribution in [-0.4, -0.2) is 30.6 Å². The van der Waals surface area contributed by atoms with Crippen molar-refractivity contribution in [2.24, 2.45) is 0 Å². The number of nitrogens with one attached hydrogen (secondary N) is 1. The van der Waals surface area contributed by atoms with Crippen LogP contribution in [0.5, 0.6) is 0 Å². The number of amides is 1. The number of para-hydroxylation sites is 2. The quantitative estimate of drug-likeness (QED) is 0.492. The summed E-state index contributed by atoms with van der Waals surface area (Å²) in [6, 6.07) is 18.5. The zero-order valence-corrected chi connectivity index (χ0v) is 16.0. The minimum Gasteiger partial charge on any atom is -0.334 e. The van der Waals surface area contributed by atoms with Crippen LogP contribution in [0.3, 0.4) is 0 Å². The number of carbonyl (C=O) groups is 1. The minimum absolute atomic E-state index is 0.231. The predicted octanol–water partition coefficient (Wildman–Crippen LogP) is 4.03. The van der Waals surface area contributed by atoms with E-state index in [1.54, 1.807) is 43.7 Å². The van der Waals surface area contributed by atoms with E-state index in [4.69, 9.17) is 4.52 Å². The molecule has 8 heteroatoms. The van der Waals surface area contributed by atoms with Crippen LogP contribution in [0, 0.1) is 6.92 Å². The molecule has 1 amide bonds. The summed E-state index contributed by atoms with van der Waals surface area (Å²) in [5.74, 6) is 1.48. The maximum atomic E-state index is 12.5. The molecule has 0 aliphatic rings. The first-order chi connectivity index (χ1) is 14.7. The highest BCUT2D eigenvalue weighted by molar-refractivity contribution is 6.04. The molecule has 0 radical (unpaired) electrons. The van der Waals surface area contributed by atoms with Crippen molar-refractivity contribution >= 4 is 22.6 Å². The first kappa shape index (κ1) is 17.7. The van der Waals surface area contributed by atoms with Crippen LogP contribution < -0.4 is 5.32 Å². The Morgan fingerprint density at radius 3 is 2.57 bits per heavy atom. The lowest BCUT2D eigenvalue weighted by molar-refractivity contribution is 0.102. The largest absolute Gasteiger partial charge is 0.334 e. The van der Waals surface area contributed by atoms with Gasteiger partial charge in [0.25, 0.3) is 11.8 Å². The Bertz CT molecular complexity index is 1340. The Kier molecular flexibility index (Phi) is 4.29. The van der Waals surface area contributed by atoms with E-state index >= 15 is 0 Å². The van der Waals surface area contributed by atoms with Gasteiger partial charge in [-0.2, -0.15) is 4.98 Å². The molecule has 8 nitrogen and oxygen atoms in total. The summed E-state index contributed by atoms with van der Waals surface area (Å²) in [6.45, 7) is 1.75. The third kappa shape index (κ3) is 3.30. The van der Waals surface area contributed by atoms with Gasteiger partial charge in [-0.1, -0.05) is 17.3 Å². The van der Waals surface area contributed by atoms with Crippen LogP contribution in [0.4, 0.5) is 5.69 Å². The number of benzene rings is 2. The molecule has 0 fully saturated rings. The van der Waals surface area contributed by atoms with Crippen molar-refractivity contribution < 1.29 is 9.32 Å². The second-order valence-electron chi connectivity index (χ2n) is 6.69. The van der Waals surface area contributed by atoms with Crippen molar-refractivity contribution in [1.82, 2.24) is 24.7 Å². The van der Waals surface area contributed by atoms with Crippen molar-refractivity contribution in [1.29, 1.82) is 0 Å². The highest BCUT2D eigenvalue weighted by Crippen LogP contribution is 2.20. The molecule has 0 unspecified atom stereocenters. The Labute approximate surface area is 171 Å². The number of carbonyl (C=O) groups excluding carboxylic acids is 1. The van der Waals surface area contributed by atoms with Gasteiger partial charge >= 0.3 is 0 Å². The van der Waals surface area contributed by atoms with Crippen molar-refractivity contribution in [3.05, 3.63) is 84.6 Å². The molecule has 0 atom stereocenters. The highest BCUT2D eigenvalue weighted by Gasteiger charge is 2.11. The average molecular weight is 396 g/mol. The van der Waals surface area contributed by atoms with Gasteiger partial charge in [-0.3, -0.25) is 9.36 Å². The van der Waals surface area contributed by atoms with E-state index in [1.807, 2.05) is 41.0 Å². The van der Waals surface area contributed by atoms with Gasteiger partial charge in [0.05, 0.1) is 22.9 Å². The number of aryl methyl sites for hydroxylation is 1. The Morgan fingerprint density at radius 1 is 1.00 bits per heavy atom. The number of aromatic nitrogens is 5. The number of hydrogen-bond acceptors (Lipinski definition) is 6. The molecule has 0 aliphatic carbocycles. The zero-order chi connectivity index (χ0) is 20.5. The second kappa shape index (κ2) is 7.25. The molecule has 5 rings (SSSR count). The molecular weight excluding hydrogens is 380 g/mol. The van der Waals surface area contributed by atoms with Crippen molar-refractivity contribution in [3.63, 3.8) is 0 Å². The summed E-state index contributed by atoms with van der Waals surface area (Å²) in [7, 11) is 0. The summed E-state index contributed by atoms with van der Waals surface area (Å²) < 4.78 is 7.04. The summed E-state index contributed by atoms with van der Waals surface area (Å²) >= 11 is 0. The third-order valence-corrected chi connectivity index (χ3v) is 4.63. The van der Waals surface area contributed by atoms with Gasteiger partial charge in [-0.25, -0.2) is 9.97 Å². The fourth-order valence-electron chi connectivity index (χ4n) is 3.13. The van der Waals surface area contributed by atoms with Gasteiger partial charge in [-0.15, -0.1) is 0 Å². The van der Waals surface area contributed by atoms with E-state index in [0.717, 1.165) is 22.4 Å². The average Bonchev–Trinajstić information content (AvgIpc) is 3.41. The number of imidazole rings is 1. The standard InChI is InChI=1S/C22H16N6O2/c1-14-25-22(30-27-14)16-8-6-15(7-9-16)21(29)26-17-10-11-20(23-12-17)28-13-24-18-4-2-3-5-19(18)28/h2-13H,1H3,(H,26,29). The SMILES string of the molecule is Cc1noc(-c2ccc(C(=O)Nc3ccc(-n4cnc5ccccc54)nc3)cc2)n1. The van der Waals surface area contributed by atoms with E-state index in [2.05, 4.69) is 25.4 Å². The van der Waals surface area contributed by atoms with E-state index in [1.165, 1.54) is 0 Å². The highest BCUT2D eigenvalue weighted by atomic mass is 16.5. The number of anilines is 1. The topological polar surface area (TPSA) is 98.7 Å². The molecule has 146 valence electrons. The molecule has 2 aromatic carbocycles. The van der Waals surface area contributed by atoms with Crippen LogP contribution in [0.25, 0.3) is 28.3 Å². The second-order valence-corrected chi connectivity index (χ2v) is 6.69. The maximum absolute atomic E-state index is 12.5. The van der Waals surface area contributed by atoms with E-state index in [0.29, 0.717) is 23.0 Å². The molecule has 0 saturated carbocycles. The monoisotopic (exact) mass is 396 g/mol. The molecule has 5 aromatic rings.